The quantitative estimate of drug-likeness (QED) is 0.539. The summed E-state index contributed by atoms with van der Waals surface area (Å²) in [6.07, 6.45) is -0.813. The molecule has 56 valence electrons. The summed E-state index contributed by atoms with van der Waals surface area (Å²) in [5.41, 5.74) is -0.631. The van der Waals surface area contributed by atoms with Gasteiger partial charge in [0.1, 0.15) is 0 Å². The van der Waals surface area contributed by atoms with Crippen molar-refractivity contribution >= 4 is 0 Å². The Morgan fingerprint density at radius 2 is 2.00 bits per heavy atom. The van der Waals surface area contributed by atoms with Gasteiger partial charge in [-0.25, -0.2) is 0 Å². The Kier molecular flexibility index (Phi) is 3.11. The molecule has 0 aliphatic carbocycles. The summed E-state index contributed by atoms with van der Waals surface area (Å²) in [5, 5.41) is 17.3. The highest BCUT2D eigenvalue weighted by atomic mass is 16.6. The largest absolute Gasteiger partial charge is 0.393 e. The van der Waals surface area contributed by atoms with E-state index in [0.29, 0.717) is 0 Å². The van der Waals surface area contributed by atoms with Crippen LogP contribution >= 0.6 is 0 Å². The molecule has 0 saturated heterocycles. The maximum Gasteiger partial charge on any atom is 0.152 e. The van der Waals surface area contributed by atoms with Crippen LogP contribution in [0.25, 0.3) is 0 Å². The molecule has 0 heterocycles. The molecular weight excluding hydrogens is 120 g/mol. The van der Waals surface area contributed by atoms with E-state index in [1.165, 1.54) is 6.92 Å². The lowest BCUT2D eigenvalue weighted by Crippen LogP contribution is -2.32. The van der Waals surface area contributed by atoms with E-state index in [0.717, 1.165) is 0 Å². The van der Waals surface area contributed by atoms with E-state index in [2.05, 4.69) is 0 Å². The van der Waals surface area contributed by atoms with Crippen molar-refractivity contribution in [1.82, 2.24) is 0 Å². The highest BCUT2D eigenvalue weighted by Crippen LogP contribution is 2.08. The first-order valence-electron chi connectivity index (χ1n) is 2.95. The molecule has 0 saturated carbocycles. The predicted octanol–water partition coefficient (Wildman–Crippen LogP) is 0.112. The van der Waals surface area contributed by atoms with Crippen molar-refractivity contribution in [3.63, 3.8) is 0 Å². The second kappa shape index (κ2) is 3.15. The van der Waals surface area contributed by atoms with Crippen molar-refractivity contribution in [3.05, 3.63) is 0 Å². The van der Waals surface area contributed by atoms with Crippen LogP contribution in [-0.4, -0.2) is 28.7 Å². The third-order valence-electron chi connectivity index (χ3n) is 0.870. The molecular formula is C6H14O3. The average molecular weight is 134 g/mol. The van der Waals surface area contributed by atoms with E-state index in [9.17, 15) is 0 Å². The number of ether oxygens (including phenoxy) is 1. The Balaban J connectivity index is 3.58. The van der Waals surface area contributed by atoms with E-state index < -0.39 is 11.9 Å². The Hall–Kier alpha value is -0.120. The predicted molar refractivity (Wildman–Crippen MR) is 33.9 cm³/mol. The molecule has 1 atom stereocenters. The summed E-state index contributed by atoms with van der Waals surface area (Å²) in [7, 11) is 0. The standard InChI is InChI=1S/C6H14O3/c1-5(8)9-6(2,3)4-7/h5,7-8H,4H2,1-3H3. The fraction of sp³-hybridized carbons (Fsp3) is 1.00. The summed E-state index contributed by atoms with van der Waals surface area (Å²) in [6, 6.07) is 0. The lowest BCUT2D eigenvalue weighted by molar-refractivity contribution is -0.175. The molecule has 9 heavy (non-hydrogen) atoms. The van der Waals surface area contributed by atoms with Crippen LogP contribution in [0.15, 0.2) is 0 Å². The summed E-state index contributed by atoms with van der Waals surface area (Å²) in [6.45, 7) is 4.84. The fourth-order valence-corrected chi connectivity index (χ4v) is 0.499. The molecule has 0 spiro atoms. The van der Waals surface area contributed by atoms with Gasteiger partial charge >= 0.3 is 0 Å². The molecule has 0 aromatic rings. The second-order valence-electron chi connectivity index (χ2n) is 2.63. The monoisotopic (exact) mass is 134 g/mol. The molecule has 3 heteroatoms. The van der Waals surface area contributed by atoms with Gasteiger partial charge in [0.2, 0.25) is 0 Å². The van der Waals surface area contributed by atoms with E-state index in [4.69, 9.17) is 14.9 Å². The molecule has 0 bridgehead atoms. The lowest BCUT2D eigenvalue weighted by atomic mass is 10.1. The van der Waals surface area contributed by atoms with Crippen molar-refractivity contribution in [2.75, 3.05) is 6.61 Å². The van der Waals surface area contributed by atoms with Gasteiger partial charge in [-0.15, -0.1) is 0 Å². The SMILES string of the molecule is CC(O)OC(C)(C)CO. The zero-order valence-electron chi connectivity index (χ0n) is 6.09. The fourth-order valence-electron chi connectivity index (χ4n) is 0.499. The number of rotatable bonds is 3. The zero-order valence-corrected chi connectivity index (χ0v) is 6.09. The van der Waals surface area contributed by atoms with Crippen LogP contribution in [0, 0.1) is 0 Å². The smallest absolute Gasteiger partial charge is 0.152 e. The van der Waals surface area contributed by atoms with Crippen LogP contribution in [0.5, 0.6) is 0 Å². The molecule has 0 aliphatic rings. The Bertz CT molecular complexity index is 78.4. The van der Waals surface area contributed by atoms with Gasteiger partial charge in [-0.2, -0.15) is 0 Å². The molecule has 0 rings (SSSR count). The van der Waals surface area contributed by atoms with Crippen molar-refractivity contribution in [2.45, 2.75) is 32.7 Å². The first kappa shape index (κ1) is 8.88. The van der Waals surface area contributed by atoms with Gasteiger partial charge in [0.25, 0.3) is 0 Å². The third kappa shape index (κ3) is 4.39. The Morgan fingerprint density at radius 1 is 1.56 bits per heavy atom. The summed E-state index contributed by atoms with van der Waals surface area (Å²) >= 11 is 0. The molecule has 0 radical (unpaired) electrons. The first-order valence-corrected chi connectivity index (χ1v) is 2.95. The topological polar surface area (TPSA) is 49.7 Å². The first-order chi connectivity index (χ1) is 3.98. The molecule has 0 aromatic carbocycles. The van der Waals surface area contributed by atoms with Crippen molar-refractivity contribution < 1.29 is 14.9 Å². The van der Waals surface area contributed by atoms with E-state index in [1.807, 2.05) is 0 Å². The highest BCUT2D eigenvalue weighted by Gasteiger charge is 2.18. The minimum Gasteiger partial charge on any atom is -0.393 e. The molecule has 0 amide bonds. The van der Waals surface area contributed by atoms with Crippen LogP contribution < -0.4 is 0 Å². The maximum atomic E-state index is 8.69. The second-order valence-corrected chi connectivity index (χ2v) is 2.63. The van der Waals surface area contributed by atoms with Crippen LogP contribution in [0.3, 0.4) is 0 Å². The van der Waals surface area contributed by atoms with Crippen LogP contribution in [0.4, 0.5) is 0 Å². The van der Waals surface area contributed by atoms with Gasteiger partial charge in [0, 0.05) is 0 Å². The minimum atomic E-state index is -0.813. The Morgan fingerprint density at radius 3 is 2.11 bits per heavy atom. The zero-order chi connectivity index (χ0) is 7.49. The van der Waals surface area contributed by atoms with Crippen molar-refractivity contribution in [3.8, 4) is 0 Å². The summed E-state index contributed by atoms with van der Waals surface area (Å²) in [5.74, 6) is 0. The average Bonchev–Trinajstić information content (AvgIpc) is 1.63. The summed E-state index contributed by atoms with van der Waals surface area (Å²) in [4.78, 5) is 0. The van der Waals surface area contributed by atoms with Crippen LogP contribution in [0.1, 0.15) is 20.8 Å². The Labute approximate surface area is 55.3 Å². The van der Waals surface area contributed by atoms with Gasteiger partial charge < -0.3 is 14.9 Å². The minimum absolute atomic E-state index is 0.0854. The molecule has 0 fully saturated rings. The molecule has 0 aliphatic heterocycles. The number of aliphatic hydroxyl groups excluding tert-OH is 2. The van der Waals surface area contributed by atoms with Crippen molar-refractivity contribution in [1.29, 1.82) is 0 Å². The molecule has 2 N–H and O–H groups in total. The molecule has 3 nitrogen and oxygen atoms in total. The third-order valence-corrected chi connectivity index (χ3v) is 0.870. The number of hydrogen-bond donors (Lipinski definition) is 2. The van der Waals surface area contributed by atoms with Crippen LogP contribution in [0.2, 0.25) is 0 Å². The van der Waals surface area contributed by atoms with Gasteiger partial charge in [-0.05, 0) is 20.8 Å². The van der Waals surface area contributed by atoms with Crippen molar-refractivity contribution in [2.24, 2.45) is 0 Å². The van der Waals surface area contributed by atoms with Gasteiger partial charge in [0.15, 0.2) is 6.29 Å². The highest BCUT2D eigenvalue weighted by molar-refractivity contribution is 4.65. The normalized spacial score (nSPS) is 15.7. The lowest BCUT2D eigenvalue weighted by Gasteiger charge is -2.23. The number of aliphatic hydroxyl groups is 2. The number of hydrogen-bond acceptors (Lipinski definition) is 3. The van der Waals surface area contributed by atoms with Crippen LogP contribution in [-0.2, 0) is 4.74 Å². The van der Waals surface area contributed by atoms with E-state index >= 15 is 0 Å². The summed E-state index contributed by atoms with van der Waals surface area (Å²) < 4.78 is 4.89. The van der Waals surface area contributed by atoms with E-state index in [1.54, 1.807) is 13.8 Å². The van der Waals surface area contributed by atoms with Gasteiger partial charge in [-0.1, -0.05) is 0 Å². The maximum absolute atomic E-state index is 8.69. The van der Waals surface area contributed by atoms with Gasteiger partial charge in [0.05, 0.1) is 12.2 Å². The van der Waals surface area contributed by atoms with Gasteiger partial charge in [-0.3, -0.25) is 0 Å². The molecule has 0 aromatic heterocycles. The molecule has 1 unspecified atom stereocenters. The van der Waals surface area contributed by atoms with E-state index in [-0.39, 0.29) is 6.61 Å².